The molecule has 1 aliphatic heterocycles. The molecule has 1 amide bonds. The number of ether oxygens (including phenoxy) is 3. The summed E-state index contributed by atoms with van der Waals surface area (Å²) in [6.45, 7) is 5.26. The number of carbonyl (C=O) groups excluding carboxylic acids is 2. The molecule has 0 unspecified atom stereocenters. The fourth-order valence-corrected chi connectivity index (χ4v) is 3.10. The largest absolute Gasteiger partial charge is 0.494 e. The summed E-state index contributed by atoms with van der Waals surface area (Å²) in [5.74, 6) is -0.0799. The third-order valence-electron chi connectivity index (χ3n) is 4.59. The lowest BCUT2D eigenvalue weighted by atomic mass is 10.1. The van der Waals surface area contributed by atoms with Gasteiger partial charge in [0.25, 0.3) is 5.91 Å². The molecule has 0 atom stereocenters. The Morgan fingerprint density at radius 1 is 1.10 bits per heavy atom. The van der Waals surface area contributed by atoms with E-state index in [4.69, 9.17) is 14.2 Å². The van der Waals surface area contributed by atoms with Crippen LogP contribution in [0.4, 0.5) is 11.4 Å². The maximum atomic E-state index is 12.9. The lowest BCUT2D eigenvalue weighted by molar-refractivity contribution is 0.0600. The fourth-order valence-electron chi connectivity index (χ4n) is 3.10. The molecular weight excluding hydrogens is 372 g/mol. The summed E-state index contributed by atoms with van der Waals surface area (Å²) in [5.41, 5.74) is 2.25. The third kappa shape index (κ3) is 5.26. The molecule has 154 valence electrons. The van der Waals surface area contributed by atoms with Crippen LogP contribution in [0.2, 0.25) is 0 Å². The molecule has 0 saturated carbocycles. The van der Waals surface area contributed by atoms with Gasteiger partial charge in [0.1, 0.15) is 5.75 Å². The van der Waals surface area contributed by atoms with Gasteiger partial charge in [0.05, 0.1) is 43.9 Å². The summed E-state index contributed by atoms with van der Waals surface area (Å²) in [5, 5.41) is 2.94. The number of rotatable bonds is 7. The maximum absolute atomic E-state index is 12.9. The molecule has 0 bridgehead atoms. The molecule has 2 aromatic carbocycles. The zero-order valence-electron chi connectivity index (χ0n) is 16.8. The molecule has 0 radical (unpaired) electrons. The van der Waals surface area contributed by atoms with E-state index >= 15 is 0 Å². The molecule has 29 heavy (non-hydrogen) atoms. The van der Waals surface area contributed by atoms with Gasteiger partial charge in [0.2, 0.25) is 0 Å². The highest BCUT2D eigenvalue weighted by molar-refractivity contribution is 6.07. The quantitative estimate of drug-likeness (QED) is 0.721. The van der Waals surface area contributed by atoms with Crippen LogP contribution in [-0.4, -0.2) is 51.9 Å². The smallest absolute Gasteiger partial charge is 0.337 e. The van der Waals surface area contributed by atoms with E-state index in [0.29, 0.717) is 55.5 Å². The molecule has 3 rings (SSSR count). The number of esters is 1. The minimum atomic E-state index is -0.455. The minimum absolute atomic E-state index is 0.275. The van der Waals surface area contributed by atoms with Gasteiger partial charge in [-0.15, -0.1) is 0 Å². The van der Waals surface area contributed by atoms with Crippen molar-refractivity contribution in [1.29, 1.82) is 0 Å². The maximum Gasteiger partial charge on any atom is 0.337 e. The number of methoxy groups -OCH3 is 1. The summed E-state index contributed by atoms with van der Waals surface area (Å²) < 4.78 is 15.9. The number of morpholine rings is 1. The standard InChI is InChI=1S/C22H26N2O5/c1-3-11-29-18-6-4-5-16(14-18)21(25)23-19-15-17(22(26)27-2)7-8-20(19)24-9-12-28-13-10-24/h4-8,14-15H,3,9-13H2,1-2H3,(H,23,25). The van der Waals surface area contributed by atoms with E-state index < -0.39 is 5.97 Å². The van der Waals surface area contributed by atoms with Crippen molar-refractivity contribution in [2.45, 2.75) is 13.3 Å². The first-order valence-corrected chi connectivity index (χ1v) is 9.71. The fraction of sp³-hybridized carbons (Fsp3) is 0.364. The van der Waals surface area contributed by atoms with Gasteiger partial charge in [0, 0.05) is 18.7 Å². The van der Waals surface area contributed by atoms with Gasteiger partial charge in [-0.1, -0.05) is 13.0 Å². The topological polar surface area (TPSA) is 77.1 Å². The van der Waals surface area contributed by atoms with Crippen molar-refractivity contribution in [3.63, 3.8) is 0 Å². The first-order chi connectivity index (χ1) is 14.1. The van der Waals surface area contributed by atoms with Crippen molar-refractivity contribution in [3.8, 4) is 5.75 Å². The molecule has 1 aliphatic rings. The van der Waals surface area contributed by atoms with E-state index in [1.807, 2.05) is 19.1 Å². The predicted molar refractivity (Wildman–Crippen MR) is 111 cm³/mol. The van der Waals surface area contributed by atoms with Crippen molar-refractivity contribution < 1.29 is 23.8 Å². The summed E-state index contributed by atoms with van der Waals surface area (Å²) in [4.78, 5) is 27.0. The molecule has 1 fully saturated rings. The van der Waals surface area contributed by atoms with Gasteiger partial charge in [-0.25, -0.2) is 4.79 Å². The average Bonchev–Trinajstić information content (AvgIpc) is 2.77. The highest BCUT2D eigenvalue weighted by atomic mass is 16.5. The van der Waals surface area contributed by atoms with E-state index in [-0.39, 0.29) is 5.91 Å². The molecule has 0 aromatic heterocycles. The van der Waals surface area contributed by atoms with Crippen LogP contribution in [0.15, 0.2) is 42.5 Å². The Morgan fingerprint density at radius 3 is 2.62 bits per heavy atom. The van der Waals surface area contributed by atoms with Gasteiger partial charge in [-0.3, -0.25) is 4.79 Å². The highest BCUT2D eigenvalue weighted by Gasteiger charge is 2.19. The van der Waals surface area contributed by atoms with Gasteiger partial charge in [-0.05, 0) is 42.8 Å². The average molecular weight is 398 g/mol. The predicted octanol–water partition coefficient (Wildman–Crippen LogP) is 3.35. The van der Waals surface area contributed by atoms with Gasteiger partial charge in [-0.2, -0.15) is 0 Å². The summed E-state index contributed by atoms with van der Waals surface area (Å²) in [6, 6.07) is 12.2. The molecule has 1 heterocycles. The van der Waals surface area contributed by atoms with Crippen molar-refractivity contribution in [2.24, 2.45) is 0 Å². The third-order valence-corrected chi connectivity index (χ3v) is 4.59. The number of hydrogen-bond donors (Lipinski definition) is 1. The normalized spacial score (nSPS) is 13.7. The number of anilines is 2. The first-order valence-electron chi connectivity index (χ1n) is 9.71. The second-order valence-corrected chi connectivity index (χ2v) is 6.65. The number of amides is 1. The van der Waals surface area contributed by atoms with Crippen molar-refractivity contribution >= 4 is 23.3 Å². The zero-order valence-corrected chi connectivity index (χ0v) is 16.8. The summed E-state index contributed by atoms with van der Waals surface area (Å²) in [7, 11) is 1.33. The Hall–Kier alpha value is -3.06. The number of benzene rings is 2. The Kier molecular flexibility index (Phi) is 7.08. The molecule has 0 aliphatic carbocycles. The molecule has 2 aromatic rings. The summed E-state index contributed by atoms with van der Waals surface area (Å²) in [6.07, 6.45) is 0.889. The van der Waals surface area contributed by atoms with Crippen LogP contribution in [0, 0.1) is 0 Å². The van der Waals surface area contributed by atoms with Crippen molar-refractivity contribution in [1.82, 2.24) is 0 Å². The molecule has 0 spiro atoms. The zero-order chi connectivity index (χ0) is 20.6. The molecule has 1 saturated heterocycles. The van der Waals surface area contributed by atoms with E-state index in [2.05, 4.69) is 10.2 Å². The number of nitrogens with zero attached hydrogens (tertiary/aromatic N) is 1. The van der Waals surface area contributed by atoms with Crippen LogP contribution in [0.5, 0.6) is 5.75 Å². The molecule has 7 nitrogen and oxygen atoms in total. The number of nitrogens with one attached hydrogen (secondary N) is 1. The number of hydrogen-bond acceptors (Lipinski definition) is 6. The highest BCUT2D eigenvalue weighted by Crippen LogP contribution is 2.29. The van der Waals surface area contributed by atoms with E-state index in [1.165, 1.54) is 7.11 Å². The lowest BCUT2D eigenvalue weighted by Crippen LogP contribution is -2.36. The van der Waals surface area contributed by atoms with Gasteiger partial charge < -0.3 is 24.4 Å². The Labute approximate surface area is 170 Å². The second-order valence-electron chi connectivity index (χ2n) is 6.65. The van der Waals surface area contributed by atoms with Gasteiger partial charge >= 0.3 is 5.97 Å². The minimum Gasteiger partial charge on any atom is -0.494 e. The van der Waals surface area contributed by atoms with Gasteiger partial charge in [0.15, 0.2) is 0 Å². The molecule has 1 N–H and O–H groups in total. The monoisotopic (exact) mass is 398 g/mol. The van der Waals surface area contributed by atoms with Crippen LogP contribution in [0.3, 0.4) is 0 Å². The van der Waals surface area contributed by atoms with E-state index in [1.54, 1.807) is 30.3 Å². The Bertz CT molecular complexity index is 862. The van der Waals surface area contributed by atoms with Crippen LogP contribution >= 0.6 is 0 Å². The Morgan fingerprint density at radius 2 is 1.90 bits per heavy atom. The Balaban J connectivity index is 1.87. The summed E-state index contributed by atoms with van der Waals surface area (Å²) >= 11 is 0. The van der Waals surface area contributed by atoms with Crippen LogP contribution in [0.1, 0.15) is 34.1 Å². The first kappa shape index (κ1) is 20.7. The van der Waals surface area contributed by atoms with Crippen LogP contribution in [-0.2, 0) is 9.47 Å². The molecular formula is C22H26N2O5. The lowest BCUT2D eigenvalue weighted by Gasteiger charge is -2.30. The SMILES string of the molecule is CCCOc1cccc(C(=O)Nc2cc(C(=O)OC)ccc2N2CCOCC2)c1. The molecule has 7 heteroatoms. The van der Waals surface area contributed by atoms with E-state index in [0.717, 1.165) is 12.1 Å². The van der Waals surface area contributed by atoms with Crippen LogP contribution in [0.25, 0.3) is 0 Å². The van der Waals surface area contributed by atoms with E-state index in [9.17, 15) is 9.59 Å². The van der Waals surface area contributed by atoms with Crippen LogP contribution < -0.4 is 15.0 Å². The van der Waals surface area contributed by atoms with Crippen molar-refractivity contribution in [2.75, 3.05) is 50.2 Å². The van der Waals surface area contributed by atoms with Crippen molar-refractivity contribution in [3.05, 3.63) is 53.6 Å². The number of carbonyl (C=O) groups is 2. The second kappa shape index (κ2) is 9.93.